The van der Waals surface area contributed by atoms with Crippen molar-refractivity contribution in [1.29, 1.82) is 0 Å². The van der Waals surface area contributed by atoms with Gasteiger partial charge >= 0.3 is 11.9 Å². The lowest BCUT2D eigenvalue weighted by Crippen LogP contribution is -2.55. The van der Waals surface area contributed by atoms with Gasteiger partial charge in [0.25, 0.3) is 0 Å². The number of hydrogen-bond donors (Lipinski definition) is 0. The number of quaternary nitrogens is 1. The zero-order chi connectivity index (χ0) is 28.7. The smallest absolute Gasteiger partial charge is 0.306 e. The third-order valence-corrected chi connectivity index (χ3v) is 5.76. The largest absolute Gasteiger partial charge is 0.544 e. The predicted octanol–water partition coefficient (Wildman–Crippen LogP) is 4.28. The van der Waals surface area contributed by atoms with Gasteiger partial charge in [0, 0.05) is 19.3 Å². The fourth-order valence-electron chi connectivity index (χ4n) is 3.59. The van der Waals surface area contributed by atoms with E-state index in [0.29, 0.717) is 12.8 Å². The van der Waals surface area contributed by atoms with Gasteiger partial charge in [-0.1, -0.05) is 56.7 Å². The topological polar surface area (TPSA) is 102 Å². The summed E-state index contributed by atoms with van der Waals surface area (Å²) in [6, 6.07) is -0.724. The van der Waals surface area contributed by atoms with Gasteiger partial charge in [-0.2, -0.15) is 0 Å². The SMILES string of the molecule is CC/C=C\C/C=C\C/C=C\CCCCCC(=O)OC(COCCC(C(=O)[O-])[N+](C)(C)C)COC(=O)CCC. The van der Waals surface area contributed by atoms with Gasteiger partial charge in [0.05, 0.1) is 40.3 Å². The van der Waals surface area contributed by atoms with Gasteiger partial charge in [-0.15, -0.1) is 0 Å². The number of allylic oxidation sites excluding steroid dienone is 6. The Kier molecular flexibility index (Phi) is 21.1. The first-order valence-corrected chi connectivity index (χ1v) is 14.0. The summed E-state index contributed by atoms with van der Waals surface area (Å²) < 4.78 is 16.5. The number of likely N-dealkylation sites (N-methyl/N-ethyl adjacent to an activating group) is 1. The van der Waals surface area contributed by atoms with Crippen molar-refractivity contribution in [3.63, 3.8) is 0 Å². The van der Waals surface area contributed by atoms with E-state index < -0.39 is 18.1 Å². The van der Waals surface area contributed by atoms with Crippen molar-refractivity contribution in [2.45, 2.75) is 96.6 Å². The summed E-state index contributed by atoms with van der Waals surface area (Å²) in [5.41, 5.74) is 0. The molecule has 2 unspecified atom stereocenters. The Morgan fingerprint density at radius 2 is 1.47 bits per heavy atom. The van der Waals surface area contributed by atoms with E-state index in [0.717, 1.165) is 44.9 Å². The van der Waals surface area contributed by atoms with Gasteiger partial charge in [-0.05, 0) is 44.9 Å². The van der Waals surface area contributed by atoms with Gasteiger partial charge in [0.2, 0.25) is 0 Å². The van der Waals surface area contributed by atoms with E-state index >= 15 is 0 Å². The van der Waals surface area contributed by atoms with Crippen LogP contribution in [-0.4, -0.2) is 75.5 Å². The van der Waals surface area contributed by atoms with Crippen molar-refractivity contribution < 1.29 is 38.2 Å². The molecule has 0 amide bonds. The number of rotatable bonds is 23. The number of carboxylic acids is 1. The molecule has 0 aliphatic carbocycles. The standard InChI is InChI=1S/C30H51NO7/c1-6-8-9-10-11-12-13-14-15-16-17-18-19-21-29(33)38-26(25-37-28(32)20-7-2)24-36-23-22-27(30(34)35)31(3,4)5/h8-9,11-12,14-15,26-27H,6-7,10,13,16-25H2,1-5H3/b9-8-,12-11-,15-14-. The van der Waals surface area contributed by atoms with Gasteiger partial charge in [-0.25, -0.2) is 0 Å². The average molecular weight is 538 g/mol. The molecule has 0 rings (SSSR count). The third kappa shape index (κ3) is 20.6. The predicted molar refractivity (Wildman–Crippen MR) is 148 cm³/mol. The molecule has 0 saturated heterocycles. The lowest BCUT2D eigenvalue weighted by atomic mass is 10.1. The third-order valence-electron chi connectivity index (χ3n) is 5.76. The molecule has 0 bridgehead atoms. The highest BCUT2D eigenvalue weighted by Crippen LogP contribution is 2.10. The molecular weight excluding hydrogens is 486 g/mol. The number of ether oxygens (including phenoxy) is 3. The molecule has 0 aliphatic heterocycles. The van der Waals surface area contributed by atoms with E-state index in [-0.39, 0.29) is 49.1 Å². The molecule has 0 spiro atoms. The molecule has 0 fully saturated rings. The summed E-state index contributed by atoms with van der Waals surface area (Å²) in [6.07, 6.45) is 20.3. The fraction of sp³-hybridized carbons (Fsp3) is 0.700. The number of esters is 2. The zero-order valence-electron chi connectivity index (χ0n) is 24.3. The van der Waals surface area contributed by atoms with E-state index in [1.54, 1.807) is 21.1 Å². The minimum atomic E-state index is -1.14. The van der Waals surface area contributed by atoms with Crippen LogP contribution >= 0.6 is 0 Å². The molecule has 0 aromatic carbocycles. The van der Waals surface area contributed by atoms with E-state index in [9.17, 15) is 19.5 Å². The van der Waals surface area contributed by atoms with Crippen LogP contribution in [0.5, 0.6) is 0 Å². The molecule has 218 valence electrons. The van der Waals surface area contributed by atoms with Crippen molar-refractivity contribution in [2.75, 3.05) is 41.0 Å². The van der Waals surface area contributed by atoms with Crippen molar-refractivity contribution in [1.82, 2.24) is 0 Å². The van der Waals surface area contributed by atoms with Crippen LogP contribution in [0.15, 0.2) is 36.5 Å². The molecular formula is C30H51NO7. The first kappa shape index (κ1) is 35.5. The summed E-state index contributed by atoms with van der Waals surface area (Å²) in [5.74, 6) is -1.85. The molecule has 0 saturated carbocycles. The first-order valence-electron chi connectivity index (χ1n) is 14.0. The Labute approximate surface area is 230 Å². The van der Waals surface area contributed by atoms with E-state index in [2.05, 4.69) is 43.4 Å². The summed E-state index contributed by atoms with van der Waals surface area (Å²) in [7, 11) is 5.33. The fourth-order valence-corrected chi connectivity index (χ4v) is 3.59. The van der Waals surface area contributed by atoms with Crippen LogP contribution in [0.4, 0.5) is 0 Å². The summed E-state index contributed by atoms with van der Waals surface area (Å²) in [4.78, 5) is 35.5. The van der Waals surface area contributed by atoms with Crippen LogP contribution < -0.4 is 5.11 Å². The second-order valence-corrected chi connectivity index (χ2v) is 10.3. The average Bonchev–Trinajstić information content (AvgIpc) is 2.84. The molecule has 38 heavy (non-hydrogen) atoms. The maximum Gasteiger partial charge on any atom is 0.306 e. The van der Waals surface area contributed by atoms with Crippen LogP contribution in [-0.2, 0) is 28.6 Å². The lowest BCUT2D eigenvalue weighted by Gasteiger charge is -2.34. The number of carbonyl (C=O) groups excluding carboxylic acids is 3. The molecule has 0 radical (unpaired) electrons. The molecule has 0 aliphatic rings. The highest BCUT2D eigenvalue weighted by Gasteiger charge is 2.25. The highest BCUT2D eigenvalue weighted by atomic mass is 16.6. The number of carboxylic acid groups (broad SMARTS) is 1. The molecule has 8 nitrogen and oxygen atoms in total. The van der Waals surface area contributed by atoms with Crippen LogP contribution in [0.2, 0.25) is 0 Å². The lowest BCUT2D eigenvalue weighted by molar-refractivity contribution is -0.889. The van der Waals surface area contributed by atoms with Crippen LogP contribution in [0.3, 0.4) is 0 Å². The Balaban J connectivity index is 4.37. The maximum absolute atomic E-state index is 12.4. The minimum absolute atomic E-state index is 0.0240. The first-order chi connectivity index (χ1) is 18.1. The summed E-state index contributed by atoms with van der Waals surface area (Å²) in [6.45, 7) is 4.10. The normalized spacial score (nSPS) is 13.8. The van der Waals surface area contributed by atoms with Crippen molar-refractivity contribution in [2.24, 2.45) is 0 Å². The van der Waals surface area contributed by atoms with Crippen LogP contribution in [0.25, 0.3) is 0 Å². The van der Waals surface area contributed by atoms with Crippen LogP contribution in [0, 0.1) is 0 Å². The molecule has 0 N–H and O–H groups in total. The summed E-state index contributed by atoms with van der Waals surface area (Å²) in [5, 5.41) is 11.4. The Morgan fingerprint density at radius 3 is 2.08 bits per heavy atom. The molecule has 0 aromatic rings. The number of carbonyl (C=O) groups is 3. The van der Waals surface area contributed by atoms with E-state index in [4.69, 9.17) is 14.2 Å². The number of nitrogens with zero attached hydrogens (tertiary/aromatic N) is 1. The number of aliphatic carboxylic acids is 1. The van der Waals surface area contributed by atoms with Crippen molar-refractivity contribution >= 4 is 17.9 Å². The van der Waals surface area contributed by atoms with E-state index in [1.807, 2.05) is 6.92 Å². The quantitative estimate of drug-likeness (QED) is 0.0830. The van der Waals surface area contributed by atoms with E-state index in [1.165, 1.54) is 0 Å². The molecule has 2 atom stereocenters. The minimum Gasteiger partial charge on any atom is -0.544 e. The molecule has 0 heterocycles. The highest BCUT2D eigenvalue weighted by molar-refractivity contribution is 5.70. The monoisotopic (exact) mass is 537 g/mol. The summed E-state index contributed by atoms with van der Waals surface area (Å²) >= 11 is 0. The molecule has 0 aromatic heterocycles. The Bertz CT molecular complexity index is 737. The van der Waals surface area contributed by atoms with Gasteiger partial charge in [0.15, 0.2) is 6.10 Å². The van der Waals surface area contributed by atoms with Gasteiger partial charge in [-0.3, -0.25) is 9.59 Å². The second-order valence-electron chi connectivity index (χ2n) is 10.3. The van der Waals surface area contributed by atoms with Crippen molar-refractivity contribution in [3.8, 4) is 0 Å². The molecule has 8 heteroatoms. The zero-order valence-corrected chi connectivity index (χ0v) is 24.3. The van der Waals surface area contributed by atoms with Crippen molar-refractivity contribution in [3.05, 3.63) is 36.5 Å². The Hall–Kier alpha value is -2.45. The number of unbranched alkanes of at least 4 members (excludes halogenated alkanes) is 3. The van der Waals surface area contributed by atoms with Crippen LogP contribution in [0.1, 0.15) is 84.5 Å². The van der Waals surface area contributed by atoms with Gasteiger partial charge < -0.3 is 28.6 Å². The number of hydrogen-bond acceptors (Lipinski definition) is 7. The second kappa shape index (κ2) is 22.5. The Morgan fingerprint density at radius 1 is 0.816 bits per heavy atom. The van der Waals surface area contributed by atoms with Gasteiger partial charge in [0.1, 0.15) is 12.6 Å². The maximum atomic E-state index is 12.4.